The van der Waals surface area contributed by atoms with Crippen LogP contribution in [0.15, 0.2) is 35.3 Å². The van der Waals surface area contributed by atoms with Gasteiger partial charge in [0.15, 0.2) is 5.65 Å². The average molecular weight is 432 g/mol. The Morgan fingerprint density at radius 3 is 2.68 bits per heavy atom. The lowest BCUT2D eigenvalue weighted by Gasteiger charge is -2.35. The Hall–Kier alpha value is -3.17. The van der Waals surface area contributed by atoms with Gasteiger partial charge in [-0.15, -0.1) is 0 Å². The lowest BCUT2D eigenvalue weighted by atomic mass is 10.0. The first-order valence-corrected chi connectivity index (χ1v) is 10.3. The van der Waals surface area contributed by atoms with Gasteiger partial charge in [-0.1, -0.05) is 0 Å². The summed E-state index contributed by atoms with van der Waals surface area (Å²) in [6, 6.07) is 6.69. The fourth-order valence-electron chi connectivity index (χ4n) is 3.84. The molecule has 4 rings (SSSR count). The monoisotopic (exact) mass is 432 g/mol. The summed E-state index contributed by atoms with van der Waals surface area (Å²) in [4.78, 5) is 22.1. The molecule has 31 heavy (non-hydrogen) atoms. The molecule has 0 amide bonds. The maximum atomic E-state index is 12.5. The van der Waals surface area contributed by atoms with Crippen LogP contribution in [-0.2, 0) is 5.54 Å². The Kier molecular flexibility index (Phi) is 5.55. The molecule has 1 saturated heterocycles. The summed E-state index contributed by atoms with van der Waals surface area (Å²) in [7, 11) is 0. The van der Waals surface area contributed by atoms with E-state index < -0.39 is 6.61 Å². The smallest absolute Gasteiger partial charge is 0.387 e. The second-order valence-electron chi connectivity index (χ2n) is 8.68. The second-order valence-corrected chi connectivity index (χ2v) is 8.68. The summed E-state index contributed by atoms with van der Waals surface area (Å²) < 4.78 is 30.9. The zero-order valence-corrected chi connectivity index (χ0v) is 17.7. The van der Waals surface area contributed by atoms with Gasteiger partial charge in [-0.05, 0) is 57.9 Å². The number of nitrogens with zero attached hydrogens (tertiary/aromatic N) is 4. The number of hydrogen-bond donors (Lipinski definition) is 2. The fourth-order valence-corrected chi connectivity index (χ4v) is 3.84. The minimum atomic E-state index is -2.84. The summed E-state index contributed by atoms with van der Waals surface area (Å²) in [5.41, 5.74) is 0.934. The van der Waals surface area contributed by atoms with E-state index in [-0.39, 0.29) is 22.9 Å². The number of ether oxygens (including phenoxy) is 1. The average Bonchev–Trinajstić information content (AvgIpc) is 3.13. The van der Waals surface area contributed by atoms with Gasteiger partial charge in [0, 0.05) is 24.8 Å². The van der Waals surface area contributed by atoms with Crippen molar-refractivity contribution >= 4 is 22.7 Å². The molecule has 8 nitrogen and oxygen atoms in total. The van der Waals surface area contributed by atoms with E-state index in [1.165, 1.54) is 0 Å². The van der Waals surface area contributed by atoms with Gasteiger partial charge in [-0.2, -0.15) is 18.9 Å². The molecule has 2 N–H and O–H groups in total. The molecule has 0 aliphatic carbocycles. The summed E-state index contributed by atoms with van der Waals surface area (Å²) >= 11 is 0. The van der Waals surface area contributed by atoms with Crippen LogP contribution in [0.4, 0.5) is 20.4 Å². The highest BCUT2D eigenvalue weighted by molar-refractivity contribution is 5.74. The molecule has 166 valence electrons. The number of aromatic nitrogens is 4. The number of aromatic amines is 1. The molecule has 3 heterocycles. The zero-order valence-electron chi connectivity index (χ0n) is 17.7. The Balaban J connectivity index is 1.51. The number of fused-ring (bicyclic) bond motifs is 1. The van der Waals surface area contributed by atoms with Gasteiger partial charge in [0.05, 0.1) is 11.7 Å². The van der Waals surface area contributed by atoms with Crippen molar-refractivity contribution in [1.29, 1.82) is 0 Å². The lowest BCUT2D eigenvalue weighted by molar-refractivity contribution is -0.0498. The standard InChI is InChI=1S/C21H26F2N6O2/c1-21(2,3)29-17-16(11-24-29)18(30)27-20(26-17)25-13-5-4-10-28(12-13)14-6-8-15(9-7-14)31-19(22)23/h6-9,11,13,19H,4-5,10,12H2,1-3H3,(H2,25,26,27,30). The number of piperidine rings is 1. The predicted octanol–water partition coefficient (Wildman–Crippen LogP) is 3.56. The first-order valence-electron chi connectivity index (χ1n) is 10.3. The summed E-state index contributed by atoms with van der Waals surface area (Å²) in [6.07, 6.45) is 3.41. The molecule has 0 spiro atoms. The number of nitrogens with one attached hydrogen (secondary N) is 2. The fraction of sp³-hybridized carbons (Fsp3) is 0.476. The third-order valence-electron chi connectivity index (χ3n) is 5.26. The maximum absolute atomic E-state index is 12.5. The second kappa shape index (κ2) is 8.16. The number of hydrogen-bond acceptors (Lipinski definition) is 6. The number of rotatable bonds is 5. The highest BCUT2D eigenvalue weighted by Gasteiger charge is 2.23. The van der Waals surface area contributed by atoms with Gasteiger partial charge in [-0.3, -0.25) is 9.78 Å². The van der Waals surface area contributed by atoms with Crippen molar-refractivity contribution in [3.63, 3.8) is 0 Å². The summed E-state index contributed by atoms with van der Waals surface area (Å²) in [5, 5.41) is 8.13. The van der Waals surface area contributed by atoms with Crippen LogP contribution in [0.1, 0.15) is 33.6 Å². The summed E-state index contributed by atoms with van der Waals surface area (Å²) in [6.45, 7) is 4.72. The van der Waals surface area contributed by atoms with Gasteiger partial charge in [0.25, 0.3) is 5.56 Å². The Bertz CT molecular complexity index is 1100. The molecule has 1 atom stereocenters. The van der Waals surface area contributed by atoms with Crippen LogP contribution >= 0.6 is 0 Å². The van der Waals surface area contributed by atoms with E-state index in [9.17, 15) is 13.6 Å². The number of anilines is 2. The van der Waals surface area contributed by atoms with Crippen molar-refractivity contribution in [2.75, 3.05) is 23.3 Å². The van der Waals surface area contributed by atoms with Crippen molar-refractivity contribution in [1.82, 2.24) is 19.7 Å². The topological polar surface area (TPSA) is 88.1 Å². The molecule has 0 radical (unpaired) electrons. The van der Waals surface area contributed by atoms with Gasteiger partial charge >= 0.3 is 6.61 Å². The van der Waals surface area contributed by atoms with Gasteiger partial charge < -0.3 is 15.0 Å². The first-order chi connectivity index (χ1) is 14.7. The van der Waals surface area contributed by atoms with Crippen molar-refractivity contribution in [2.24, 2.45) is 0 Å². The van der Waals surface area contributed by atoms with Crippen LogP contribution in [0.5, 0.6) is 5.75 Å². The van der Waals surface area contributed by atoms with Crippen molar-refractivity contribution in [3.05, 3.63) is 40.8 Å². The van der Waals surface area contributed by atoms with Crippen LogP contribution < -0.4 is 20.5 Å². The van der Waals surface area contributed by atoms with Crippen LogP contribution in [-0.4, -0.2) is 45.5 Å². The Morgan fingerprint density at radius 2 is 2.00 bits per heavy atom. The van der Waals surface area contributed by atoms with E-state index in [2.05, 4.69) is 30.0 Å². The van der Waals surface area contributed by atoms with E-state index in [0.29, 0.717) is 23.5 Å². The van der Waals surface area contributed by atoms with Crippen LogP contribution in [0.2, 0.25) is 0 Å². The Labute approximate surface area is 178 Å². The lowest BCUT2D eigenvalue weighted by Crippen LogP contribution is -2.42. The first kappa shape index (κ1) is 21.1. The van der Waals surface area contributed by atoms with E-state index in [1.807, 2.05) is 20.8 Å². The highest BCUT2D eigenvalue weighted by Crippen LogP contribution is 2.25. The zero-order chi connectivity index (χ0) is 22.2. The Morgan fingerprint density at radius 1 is 1.26 bits per heavy atom. The third kappa shape index (κ3) is 4.62. The predicted molar refractivity (Wildman–Crippen MR) is 115 cm³/mol. The van der Waals surface area contributed by atoms with Crippen molar-refractivity contribution in [2.45, 2.75) is 51.8 Å². The van der Waals surface area contributed by atoms with Crippen molar-refractivity contribution < 1.29 is 13.5 Å². The SMILES string of the molecule is CC(C)(C)n1ncc2c(=O)[nH]c(NC3CCCN(c4ccc(OC(F)F)cc4)C3)nc21. The minimum Gasteiger partial charge on any atom is -0.435 e. The quantitative estimate of drug-likeness (QED) is 0.641. The molecule has 1 aliphatic rings. The molecule has 3 aromatic rings. The number of halogens is 2. The third-order valence-corrected chi connectivity index (χ3v) is 5.26. The molecule has 1 unspecified atom stereocenters. The van der Waals surface area contributed by atoms with Crippen LogP contribution in [0.25, 0.3) is 11.0 Å². The molecular formula is C21H26F2N6O2. The molecule has 2 aromatic heterocycles. The van der Waals surface area contributed by atoms with E-state index in [4.69, 9.17) is 0 Å². The van der Waals surface area contributed by atoms with Gasteiger partial charge in [-0.25, -0.2) is 4.68 Å². The molecule has 0 bridgehead atoms. The minimum absolute atomic E-state index is 0.0670. The van der Waals surface area contributed by atoms with E-state index >= 15 is 0 Å². The van der Waals surface area contributed by atoms with Gasteiger partial charge in [0.1, 0.15) is 11.1 Å². The largest absolute Gasteiger partial charge is 0.435 e. The normalized spacial score (nSPS) is 17.4. The molecule has 1 aliphatic heterocycles. The van der Waals surface area contributed by atoms with Crippen LogP contribution in [0.3, 0.4) is 0 Å². The van der Waals surface area contributed by atoms with Gasteiger partial charge in [0.2, 0.25) is 5.95 Å². The molecular weight excluding hydrogens is 406 g/mol. The molecule has 0 saturated carbocycles. The number of benzene rings is 1. The number of alkyl halides is 2. The summed E-state index contributed by atoms with van der Waals surface area (Å²) in [5.74, 6) is 0.548. The van der Waals surface area contributed by atoms with Crippen molar-refractivity contribution in [3.8, 4) is 5.75 Å². The molecule has 10 heteroatoms. The molecule has 1 fully saturated rings. The van der Waals surface area contributed by atoms with E-state index in [1.54, 1.807) is 35.1 Å². The molecule has 1 aromatic carbocycles. The highest BCUT2D eigenvalue weighted by atomic mass is 19.3. The number of H-pyrrole nitrogens is 1. The van der Waals surface area contributed by atoms with E-state index in [0.717, 1.165) is 25.1 Å². The maximum Gasteiger partial charge on any atom is 0.387 e. The van der Waals surface area contributed by atoms with Crippen LogP contribution in [0, 0.1) is 0 Å².